The van der Waals surface area contributed by atoms with Crippen molar-refractivity contribution in [2.75, 3.05) is 4.90 Å². The highest BCUT2D eigenvalue weighted by molar-refractivity contribution is 7.90. The van der Waals surface area contributed by atoms with Gasteiger partial charge in [0.05, 0.1) is 21.9 Å². The van der Waals surface area contributed by atoms with Crippen LogP contribution in [0.1, 0.15) is 37.5 Å². The molecular formula is C30H20ClF3N2O4S. The van der Waals surface area contributed by atoms with Crippen molar-refractivity contribution >= 4 is 38.7 Å². The zero-order valence-electron chi connectivity index (χ0n) is 21.1. The molecule has 0 aliphatic heterocycles. The van der Waals surface area contributed by atoms with Crippen LogP contribution in [0.5, 0.6) is 0 Å². The van der Waals surface area contributed by atoms with Gasteiger partial charge >= 0.3 is 6.18 Å². The van der Waals surface area contributed by atoms with Gasteiger partial charge in [-0.25, -0.2) is 8.42 Å². The van der Waals surface area contributed by atoms with Crippen LogP contribution in [0.3, 0.4) is 0 Å². The highest BCUT2D eigenvalue weighted by Crippen LogP contribution is 2.35. The van der Waals surface area contributed by atoms with E-state index in [2.05, 4.69) is 4.98 Å². The number of hydrogen-bond donors (Lipinski definition) is 0. The van der Waals surface area contributed by atoms with Gasteiger partial charge in [-0.3, -0.25) is 14.6 Å². The Morgan fingerprint density at radius 2 is 1.39 bits per heavy atom. The lowest BCUT2D eigenvalue weighted by molar-refractivity contribution is -0.137. The molecule has 0 unspecified atom stereocenters. The number of anilines is 1. The summed E-state index contributed by atoms with van der Waals surface area (Å²) in [4.78, 5) is 32.2. The highest BCUT2D eigenvalue weighted by atomic mass is 35.5. The normalized spacial score (nSPS) is 13.8. The van der Waals surface area contributed by atoms with Gasteiger partial charge < -0.3 is 4.90 Å². The quantitative estimate of drug-likeness (QED) is 0.239. The van der Waals surface area contributed by atoms with Gasteiger partial charge in [-0.05, 0) is 54.1 Å². The minimum Gasteiger partial charge on any atom is -0.332 e. The van der Waals surface area contributed by atoms with E-state index in [4.69, 9.17) is 11.6 Å². The van der Waals surface area contributed by atoms with E-state index in [1.54, 1.807) is 30.3 Å². The summed E-state index contributed by atoms with van der Waals surface area (Å²) >= 11 is 6.46. The van der Waals surface area contributed by atoms with Crippen molar-refractivity contribution in [3.63, 3.8) is 0 Å². The number of benzene rings is 3. The fourth-order valence-electron chi connectivity index (χ4n) is 4.45. The van der Waals surface area contributed by atoms with Crippen molar-refractivity contribution in [2.24, 2.45) is 0 Å². The lowest BCUT2D eigenvalue weighted by atomic mass is 9.91. The van der Waals surface area contributed by atoms with Gasteiger partial charge in [-0.2, -0.15) is 13.2 Å². The van der Waals surface area contributed by atoms with Crippen LogP contribution in [0.15, 0.2) is 113 Å². The smallest absolute Gasteiger partial charge is 0.332 e. The number of pyridine rings is 1. The van der Waals surface area contributed by atoms with E-state index < -0.39 is 33.1 Å². The first-order valence-corrected chi connectivity index (χ1v) is 14.2. The average Bonchev–Trinajstić information content (AvgIpc) is 2.96. The lowest BCUT2D eigenvalue weighted by Gasteiger charge is -2.30. The summed E-state index contributed by atoms with van der Waals surface area (Å²) < 4.78 is 65.4. The molecule has 0 atom stereocenters. The van der Waals surface area contributed by atoms with E-state index in [1.807, 2.05) is 0 Å². The molecule has 0 bridgehead atoms. The average molecular weight is 597 g/mol. The predicted octanol–water partition coefficient (Wildman–Crippen LogP) is 6.61. The number of Topliss-reactive ketones (excluding diaryl/α,β-unsaturated/α-hetero) is 2. The monoisotopic (exact) mass is 596 g/mol. The zero-order chi connectivity index (χ0) is 29.4. The van der Waals surface area contributed by atoms with Crippen LogP contribution in [0, 0.1) is 0 Å². The molecule has 208 valence electrons. The van der Waals surface area contributed by atoms with Crippen LogP contribution in [-0.2, 0) is 28.3 Å². The number of halogens is 4. The van der Waals surface area contributed by atoms with E-state index in [-0.39, 0.29) is 39.0 Å². The molecule has 6 nitrogen and oxygen atoms in total. The number of hydrogen-bond acceptors (Lipinski definition) is 6. The summed E-state index contributed by atoms with van der Waals surface area (Å²) in [6.45, 7) is -0.134. The molecule has 0 spiro atoms. The van der Waals surface area contributed by atoms with Gasteiger partial charge in [-0.15, -0.1) is 0 Å². The first kappa shape index (κ1) is 28.3. The minimum absolute atomic E-state index is 0.00199. The van der Waals surface area contributed by atoms with Crippen LogP contribution in [0.4, 0.5) is 18.9 Å². The summed E-state index contributed by atoms with van der Waals surface area (Å²) in [7, 11) is -3.78. The molecule has 1 aromatic heterocycles. The summed E-state index contributed by atoms with van der Waals surface area (Å²) in [5.74, 6) is -1.46. The van der Waals surface area contributed by atoms with Gasteiger partial charge in [0.1, 0.15) is 10.7 Å². The molecular weight excluding hydrogens is 577 g/mol. The topological polar surface area (TPSA) is 84.4 Å². The second-order valence-corrected chi connectivity index (χ2v) is 11.6. The highest BCUT2D eigenvalue weighted by Gasteiger charge is 2.35. The zero-order valence-corrected chi connectivity index (χ0v) is 22.7. The number of nitrogens with zero attached hydrogens (tertiary/aromatic N) is 2. The Morgan fingerprint density at radius 1 is 0.780 bits per heavy atom. The van der Waals surface area contributed by atoms with Crippen molar-refractivity contribution in [1.29, 1.82) is 0 Å². The van der Waals surface area contributed by atoms with Crippen LogP contribution in [0.2, 0.25) is 0 Å². The van der Waals surface area contributed by atoms with E-state index in [9.17, 15) is 31.2 Å². The summed E-state index contributed by atoms with van der Waals surface area (Å²) in [6, 6.07) is 21.1. The SMILES string of the molecule is O=C1C(Cl)=C(N(Cc2ccc(C(F)(F)F)cc2)c2ccc(S(=O)(=O)Cc3ccccn3)cc2)C(=O)c2ccccc21. The number of carbonyl (C=O) groups excluding carboxylic acids is 2. The standard InChI is InChI=1S/C30H20ClF3N2O4S/c31-26-27(29(38)25-7-2-1-6-24(25)28(26)37)36(17-19-8-10-20(11-9-19)30(32,33)34)22-12-14-23(15-13-22)41(39,40)18-21-5-3-4-16-35-21/h1-16H,17-18H2. The number of allylic oxidation sites excluding steroid dienone is 2. The molecule has 1 aliphatic carbocycles. The second-order valence-electron chi connectivity index (χ2n) is 9.22. The lowest BCUT2D eigenvalue weighted by Crippen LogP contribution is -2.33. The van der Waals surface area contributed by atoms with Crippen molar-refractivity contribution in [3.8, 4) is 0 Å². The first-order chi connectivity index (χ1) is 19.5. The number of rotatable bonds is 7. The van der Waals surface area contributed by atoms with Gasteiger partial charge in [0, 0.05) is 29.6 Å². The Hall–Kier alpha value is -4.28. The van der Waals surface area contributed by atoms with Gasteiger partial charge in [0.25, 0.3) is 0 Å². The molecule has 0 saturated carbocycles. The summed E-state index contributed by atoms with van der Waals surface area (Å²) in [5, 5.41) is -0.354. The number of alkyl halides is 3. The number of fused-ring (bicyclic) bond motifs is 1. The first-order valence-electron chi connectivity index (χ1n) is 12.2. The Labute approximate surface area is 238 Å². The number of sulfone groups is 1. The molecule has 0 radical (unpaired) electrons. The molecule has 41 heavy (non-hydrogen) atoms. The fourth-order valence-corrected chi connectivity index (χ4v) is 6.02. The Bertz CT molecular complexity index is 1770. The largest absolute Gasteiger partial charge is 0.416 e. The maximum absolute atomic E-state index is 13.6. The molecule has 11 heteroatoms. The molecule has 0 fully saturated rings. The molecule has 0 saturated heterocycles. The van der Waals surface area contributed by atoms with Crippen molar-refractivity contribution in [2.45, 2.75) is 23.4 Å². The molecule has 0 amide bonds. The Balaban J connectivity index is 1.55. The summed E-state index contributed by atoms with van der Waals surface area (Å²) in [6.07, 6.45) is -3.04. The van der Waals surface area contributed by atoms with Crippen LogP contribution in [-0.4, -0.2) is 25.0 Å². The Kier molecular flexibility index (Phi) is 7.54. The fraction of sp³-hybridized carbons (Fsp3) is 0.100. The van der Waals surface area contributed by atoms with E-state index >= 15 is 0 Å². The van der Waals surface area contributed by atoms with Gasteiger partial charge in [-0.1, -0.05) is 54.1 Å². The molecule has 5 rings (SSSR count). The van der Waals surface area contributed by atoms with E-state index in [0.29, 0.717) is 16.9 Å². The third-order valence-electron chi connectivity index (χ3n) is 6.50. The Morgan fingerprint density at radius 3 is 1.98 bits per heavy atom. The number of aromatic nitrogens is 1. The molecule has 0 N–H and O–H groups in total. The van der Waals surface area contributed by atoms with Crippen LogP contribution >= 0.6 is 11.6 Å². The molecule has 1 heterocycles. The van der Waals surface area contributed by atoms with Crippen LogP contribution in [0.25, 0.3) is 0 Å². The van der Waals surface area contributed by atoms with E-state index in [0.717, 1.165) is 12.1 Å². The van der Waals surface area contributed by atoms with Crippen molar-refractivity contribution in [3.05, 3.63) is 136 Å². The number of ketones is 2. The van der Waals surface area contributed by atoms with Crippen molar-refractivity contribution in [1.82, 2.24) is 4.98 Å². The van der Waals surface area contributed by atoms with Gasteiger partial charge in [0.2, 0.25) is 11.6 Å². The third kappa shape index (κ3) is 5.79. The number of carbonyl (C=O) groups is 2. The third-order valence-corrected chi connectivity index (χ3v) is 8.52. The van der Waals surface area contributed by atoms with E-state index in [1.165, 1.54) is 59.6 Å². The maximum Gasteiger partial charge on any atom is 0.416 e. The second kappa shape index (κ2) is 10.9. The summed E-state index contributed by atoms with van der Waals surface area (Å²) in [5.41, 5.74) is 0.309. The molecule has 4 aromatic rings. The van der Waals surface area contributed by atoms with Crippen LogP contribution < -0.4 is 4.90 Å². The van der Waals surface area contributed by atoms with Gasteiger partial charge in [0.15, 0.2) is 9.84 Å². The maximum atomic E-state index is 13.6. The minimum atomic E-state index is -4.53. The predicted molar refractivity (Wildman–Crippen MR) is 147 cm³/mol. The molecule has 1 aliphatic rings. The van der Waals surface area contributed by atoms with Crippen molar-refractivity contribution < 1.29 is 31.2 Å². The molecule has 3 aromatic carbocycles.